The fraction of sp³-hybridized carbons (Fsp3) is 0.591. The number of hydrogen-bond acceptors (Lipinski definition) is 5. The minimum absolute atomic E-state index is 0.117. The van der Waals surface area contributed by atoms with Crippen LogP contribution in [0.25, 0.3) is 0 Å². The van der Waals surface area contributed by atoms with Crippen molar-refractivity contribution in [3.8, 4) is 0 Å². The van der Waals surface area contributed by atoms with Gasteiger partial charge in [-0.25, -0.2) is 0 Å². The Kier molecular flexibility index (Phi) is 5.69. The Bertz CT molecular complexity index is 889. The molecule has 3 heterocycles. The summed E-state index contributed by atoms with van der Waals surface area (Å²) < 4.78 is 2.05. The number of likely N-dealkylation sites (N-methyl/N-ethyl adjacent to an activating group) is 1. The third-order valence-corrected chi connectivity index (χ3v) is 6.37. The van der Waals surface area contributed by atoms with Crippen LogP contribution in [0, 0.1) is 25.7 Å². The zero-order valence-electron chi connectivity index (χ0n) is 18.0. The molecule has 0 aliphatic carbocycles. The Labute approximate surface area is 173 Å². The van der Waals surface area contributed by atoms with Crippen LogP contribution in [0.1, 0.15) is 33.1 Å². The molecule has 1 aromatic heterocycles. The average molecular weight is 397 g/mol. The largest absolute Gasteiger partial charge is 0.348 e. The van der Waals surface area contributed by atoms with Crippen LogP contribution in [-0.4, -0.2) is 70.7 Å². The van der Waals surface area contributed by atoms with E-state index in [0.717, 1.165) is 45.0 Å². The number of aryl methyl sites for hydroxylation is 2. The topological polar surface area (TPSA) is 66.3 Å². The van der Waals surface area contributed by atoms with Crippen LogP contribution in [0.2, 0.25) is 0 Å². The van der Waals surface area contributed by atoms with Crippen molar-refractivity contribution in [3.05, 3.63) is 46.5 Å². The van der Waals surface area contributed by atoms with Crippen molar-refractivity contribution >= 4 is 5.91 Å². The molecule has 4 rings (SSSR count). The van der Waals surface area contributed by atoms with Crippen LogP contribution >= 0.6 is 0 Å². The van der Waals surface area contributed by atoms with Crippen molar-refractivity contribution in [3.63, 3.8) is 0 Å². The lowest BCUT2D eigenvalue weighted by Gasteiger charge is -2.25. The Morgan fingerprint density at radius 3 is 2.69 bits per heavy atom. The lowest BCUT2D eigenvalue weighted by Crippen LogP contribution is -2.35. The molecule has 7 nitrogen and oxygen atoms in total. The number of nitrogens with zero attached hydrogens (tertiary/aromatic N) is 5. The number of fused-ring (bicyclic) bond motifs is 2. The van der Waals surface area contributed by atoms with E-state index in [0.29, 0.717) is 24.2 Å². The molecule has 2 aromatic rings. The van der Waals surface area contributed by atoms with Gasteiger partial charge in [0.05, 0.1) is 0 Å². The molecule has 2 atom stereocenters. The van der Waals surface area contributed by atoms with Gasteiger partial charge in [0.2, 0.25) is 5.82 Å². The lowest BCUT2D eigenvalue weighted by molar-refractivity contribution is 0.0932. The van der Waals surface area contributed by atoms with E-state index in [1.165, 1.54) is 16.7 Å². The fourth-order valence-corrected chi connectivity index (χ4v) is 4.55. The summed E-state index contributed by atoms with van der Waals surface area (Å²) in [6.45, 7) is 9.76. The molecule has 0 bridgehead atoms. The van der Waals surface area contributed by atoms with Crippen molar-refractivity contribution < 1.29 is 4.79 Å². The van der Waals surface area contributed by atoms with Crippen molar-refractivity contribution in [1.29, 1.82) is 0 Å². The highest BCUT2D eigenvalue weighted by atomic mass is 16.2. The standard InChI is InChI=1S/C22H32N6O/c1-15-5-6-17(9-16(15)2)11-27-12-18-10-20-24-25-21(28(20)14-19(18)13-27)22(29)23-7-8-26(3)4/h5-6,9,18-19H,7-8,10-14H2,1-4H3,(H,23,29)/t18-,19+/m1/s1. The maximum Gasteiger partial charge on any atom is 0.289 e. The SMILES string of the molecule is Cc1ccc(CN2C[C@H]3Cc4nnc(C(=O)NCCN(C)C)n4C[C@@H]3C2)cc1C. The normalized spacial score (nSPS) is 21.3. The Balaban J connectivity index is 1.39. The quantitative estimate of drug-likeness (QED) is 0.801. The van der Waals surface area contributed by atoms with Gasteiger partial charge in [-0.2, -0.15) is 0 Å². The second kappa shape index (κ2) is 8.24. The summed E-state index contributed by atoms with van der Waals surface area (Å²) in [6, 6.07) is 6.77. The molecule has 1 fully saturated rings. The molecule has 7 heteroatoms. The molecular weight excluding hydrogens is 364 g/mol. The van der Waals surface area contributed by atoms with E-state index >= 15 is 0 Å². The fourth-order valence-electron chi connectivity index (χ4n) is 4.55. The second-order valence-electron chi connectivity index (χ2n) is 8.95. The van der Waals surface area contributed by atoms with E-state index < -0.39 is 0 Å². The van der Waals surface area contributed by atoms with Crippen molar-refractivity contribution in [2.24, 2.45) is 11.8 Å². The molecule has 1 saturated heterocycles. The van der Waals surface area contributed by atoms with E-state index in [1.807, 2.05) is 23.6 Å². The van der Waals surface area contributed by atoms with E-state index in [9.17, 15) is 4.79 Å². The van der Waals surface area contributed by atoms with Crippen LogP contribution in [0.4, 0.5) is 0 Å². The highest BCUT2D eigenvalue weighted by Crippen LogP contribution is 2.33. The first-order chi connectivity index (χ1) is 13.9. The molecule has 2 aliphatic heterocycles. The number of likely N-dealkylation sites (tertiary alicyclic amines) is 1. The van der Waals surface area contributed by atoms with Crippen LogP contribution in [0.15, 0.2) is 18.2 Å². The van der Waals surface area contributed by atoms with Crippen molar-refractivity contribution in [1.82, 2.24) is 29.9 Å². The van der Waals surface area contributed by atoms with Gasteiger partial charge < -0.3 is 14.8 Å². The number of aromatic nitrogens is 3. The summed E-state index contributed by atoms with van der Waals surface area (Å²) in [5.74, 6) is 2.46. The van der Waals surface area contributed by atoms with Gasteiger partial charge in [-0.1, -0.05) is 18.2 Å². The second-order valence-corrected chi connectivity index (χ2v) is 8.95. The van der Waals surface area contributed by atoms with Gasteiger partial charge >= 0.3 is 0 Å². The highest BCUT2D eigenvalue weighted by molar-refractivity contribution is 5.90. The predicted molar refractivity (Wildman–Crippen MR) is 113 cm³/mol. The summed E-state index contributed by atoms with van der Waals surface area (Å²) in [4.78, 5) is 17.2. The van der Waals surface area contributed by atoms with Crippen LogP contribution in [0.5, 0.6) is 0 Å². The van der Waals surface area contributed by atoms with Crippen molar-refractivity contribution in [2.45, 2.75) is 33.4 Å². The third kappa shape index (κ3) is 4.36. The van der Waals surface area contributed by atoms with E-state index in [4.69, 9.17) is 0 Å². The van der Waals surface area contributed by atoms with Crippen LogP contribution in [-0.2, 0) is 19.5 Å². The summed E-state index contributed by atoms with van der Waals surface area (Å²) in [7, 11) is 3.99. The third-order valence-electron chi connectivity index (χ3n) is 6.37. The van der Waals surface area contributed by atoms with E-state index in [-0.39, 0.29) is 5.91 Å². The summed E-state index contributed by atoms with van der Waals surface area (Å²) >= 11 is 0. The minimum Gasteiger partial charge on any atom is -0.348 e. The van der Waals surface area contributed by atoms with Gasteiger partial charge in [0, 0.05) is 45.7 Å². The first-order valence-corrected chi connectivity index (χ1v) is 10.5. The molecule has 1 aromatic carbocycles. The van der Waals surface area contributed by atoms with Crippen molar-refractivity contribution in [2.75, 3.05) is 40.3 Å². The average Bonchev–Trinajstić information content (AvgIpc) is 3.25. The number of amides is 1. The van der Waals surface area contributed by atoms with Gasteiger partial charge in [-0.15, -0.1) is 10.2 Å². The smallest absolute Gasteiger partial charge is 0.289 e. The Morgan fingerprint density at radius 1 is 1.14 bits per heavy atom. The molecule has 1 amide bonds. The number of benzene rings is 1. The molecule has 156 valence electrons. The molecule has 2 aliphatic rings. The summed E-state index contributed by atoms with van der Waals surface area (Å²) in [6.07, 6.45) is 0.909. The van der Waals surface area contributed by atoms with Crippen LogP contribution in [0.3, 0.4) is 0 Å². The molecular formula is C22H32N6O. The molecule has 0 saturated carbocycles. The number of carbonyl (C=O) groups is 1. The van der Waals surface area contributed by atoms with Gasteiger partial charge in [0.15, 0.2) is 0 Å². The number of hydrogen-bond donors (Lipinski definition) is 1. The minimum atomic E-state index is -0.117. The molecule has 0 spiro atoms. The molecule has 0 unspecified atom stereocenters. The maximum absolute atomic E-state index is 12.6. The maximum atomic E-state index is 12.6. The van der Waals surface area contributed by atoms with Gasteiger partial charge in [-0.05, 0) is 56.5 Å². The Hall–Kier alpha value is -2.25. The molecule has 1 N–H and O–H groups in total. The first-order valence-electron chi connectivity index (χ1n) is 10.5. The number of carbonyl (C=O) groups excluding carboxylic acids is 1. The predicted octanol–water partition coefficient (Wildman–Crippen LogP) is 1.49. The molecule has 29 heavy (non-hydrogen) atoms. The summed E-state index contributed by atoms with van der Waals surface area (Å²) in [5, 5.41) is 11.5. The Morgan fingerprint density at radius 2 is 1.93 bits per heavy atom. The zero-order valence-corrected chi connectivity index (χ0v) is 18.0. The number of nitrogens with one attached hydrogen (secondary N) is 1. The highest BCUT2D eigenvalue weighted by Gasteiger charge is 2.39. The van der Waals surface area contributed by atoms with Crippen LogP contribution < -0.4 is 5.32 Å². The van der Waals surface area contributed by atoms with E-state index in [1.54, 1.807) is 0 Å². The van der Waals surface area contributed by atoms with Gasteiger partial charge in [0.25, 0.3) is 5.91 Å². The van der Waals surface area contributed by atoms with Gasteiger partial charge in [-0.3, -0.25) is 9.69 Å². The summed E-state index contributed by atoms with van der Waals surface area (Å²) in [5.41, 5.74) is 4.08. The molecule has 0 radical (unpaired) electrons. The monoisotopic (exact) mass is 396 g/mol. The van der Waals surface area contributed by atoms with Gasteiger partial charge in [0.1, 0.15) is 5.82 Å². The first kappa shape index (κ1) is 20.0. The number of rotatable bonds is 6. The lowest BCUT2D eigenvalue weighted by atomic mass is 9.89. The van der Waals surface area contributed by atoms with E-state index in [2.05, 4.69) is 52.5 Å². The zero-order chi connectivity index (χ0) is 20.5.